The zero-order valence-corrected chi connectivity index (χ0v) is 12.4. The number of rotatable bonds is 3. The van der Waals surface area contributed by atoms with Crippen LogP contribution in [0.1, 0.15) is 31.9 Å². The molecule has 21 heavy (non-hydrogen) atoms. The van der Waals surface area contributed by atoms with E-state index in [0.717, 1.165) is 17.7 Å². The van der Waals surface area contributed by atoms with Crippen molar-refractivity contribution in [2.75, 3.05) is 18.4 Å². The van der Waals surface area contributed by atoms with Gasteiger partial charge in [-0.05, 0) is 31.0 Å². The molecule has 4 N–H and O–H groups in total. The van der Waals surface area contributed by atoms with Crippen molar-refractivity contribution < 1.29 is 9.59 Å². The zero-order valence-electron chi connectivity index (χ0n) is 12.4. The Bertz CT molecular complexity index is 530. The number of nitrogens with zero attached hydrogens (tertiary/aromatic N) is 1. The van der Waals surface area contributed by atoms with Gasteiger partial charge in [-0.15, -0.1) is 0 Å². The third kappa shape index (κ3) is 4.19. The van der Waals surface area contributed by atoms with Crippen molar-refractivity contribution in [1.29, 1.82) is 0 Å². The molecule has 2 atom stereocenters. The molecule has 6 heteroatoms. The molecule has 1 aromatic rings. The molecule has 1 aliphatic rings. The van der Waals surface area contributed by atoms with E-state index in [4.69, 9.17) is 5.73 Å². The summed E-state index contributed by atoms with van der Waals surface area (Å²) < 4.78 is 0. The van der Waals surface area contributed by atoms with Gasteiger partial charge in [0.25, 0.3) is 0 Å². The standard InChI is InChI=1S/C15H22N4O2/c1-10(16)12-4-3-5-13(8-12)18-15(21)19-7-6-14(9-19)17-11(2)20/h3-5,8,10,14H,6-7,9,16H2,1-2H3,(H,17,20)(H,18,21). The topological polar surface area (TPSA) is 87.5 Å². The summed E-state index contributed by atoms with van der Waals surface area (Å²) in [6.07, 6.45) is 0.785. The lowest BCUT2D eigenvalue weighted by Crippen LogP contribution is -2.38. The van der Waals surface area contributed by atoms with E-state index in [0.29, 0.717) is 13.1 Å². The Labute approximate surface area is 124 Å². The maximum Gasteiger partial charge on any atom is 0.321 e. The molecular weight excluding hydrogens is 268 g/mol. The van der Waals surface area contributed by atoms with Crippen LogP contribution >= 0.6 is 0 Å². The number of nitrogens with one attached hydrogen (secondary N) is 2. The van der Waals surface area contributed by atoms with Gasteiger partial charge < -0.3 is 21.3 Å². The van der Waals surface area contributed by atoms with E-state index in [1.807, 2.05) is 31.2 Å². The summed E-state index contributed by atoms with van der Waals surface area (Å²) in [7, 11) is 0. The van der Waals surface area contributed by atoms with Crippen molar-refractivity contribution in [2.24, 2.45) is 5.73 Å². The maximum absolute atomic E-state index is 12.2. The minimum atomic E-state index is -0.148. The van der Waals surface area contributed by atoms with Crippen molar-refractivity contribution in [3.8, 4) is 0 Å². The van der Waals surface area contributed by atoms with Crippen molar-refractivity contribution >= 4 is 17.6 Å². The lowest BCUT2D eigenvalue weighted by Gasteiger charge is -2.18. The van der Waals surface area contributed by atoms with Gasteiger partial charge in [0.15, 0.2) is 0 Å². The van der Waals surface area contributed by atoms with Crippen LogP contribution in [0, 0.1) is 0 Å². The summed E-state index contributed by atoms with van der Waals surface area (Å²) in [6.45, 7) is 4.57. The second kappa shape index (κ2) is 6.58. The molecule has 1 heterocycles. The lowest BCUT2D eigenvalue weighted by molar-refractivity contribution is -0.119. The molecular formula is C15H22N4O2. The van der Waals surface area contributed by atoms with Gasteiger partial charge in [0.2, 0.25) is 5.91 Å². The summed E-state index contributed by atoms with van der Waals surface area (Å²) in [5.74, 6) is -0.0631. The van der Waals surface area contributed by atoms with E-state index in [-0.39, 0.29) is 24.0 Å². The minimum Gasteiger partial charge on any atom is -0.352 e. The van der Waals surface area contributed by atoms with Crippen LogP contribution in [0.15, 0.2) is 24.3 Å². The van der Waals surface area contributed by atoms with Gasteiger partial charge in [0, 0.05) is 37.8 Å². The molecule has 2 rings (SSSR count). The smallest absolute Gasteiger partial charge is 0.321 e. The molecule has 1 fully saturated rings. The molecule has 0 spiro atoms. The van der Waals surface area contributed by atoms with Gasteiger partial charge in [0.1, 0.15) is 0 Å². The molecule has 1 aliphatic heterocycles. The predicted octanol–water partition coefficient (Wildman–Crippen LogP) is 1.45. The Morgan fingerprint density at radius 3 is 2.86 bits per heavy atom. The fraction of sp³-hybridized carbons (Fsp3) is 0.467. The lowest BCUT2D eigenvalue weighted by atomic mass is 10.1. The quantitative estimate of drug-likeness (QED) is 0.787. The summed E-state index contributed by atoms with van der Waals surface area (Å²) in [6, 6.07) is 7.35. The van der Waals surface area contributed by atoms with E-state index in [2.05, 4.69) is 10.6 Å². The molecule has 0 radical (unpaired) electrons. The molecule has 0 aromatic heterocycles. The van der Waals surface area contributed by atoms with Crippen LogP contribution in [0.4, 0.5) is 10.5 Å². The first-order valence-corrected chi connectivity index (χ1v) is 7.14. The van der Waals surface area contributed by atoms with Crippen LogP contribution in [0.3, 0.4) is 0 Å². The largest absolute Gasteiger partial charge is 0.352 e. The Morgan fingerprint density at radius 1 is 1.43 bits per heavy atom. The molecule has 3 amide bonds. The van der Waals surface area contributed by atoms with Crippen LogP contribution < -0.4 is 16.4 Å². The van der Waals surface area contributed by atoms with E-state index >= 15 is 0 Å². The summed E-state index contributed by atoms with van der Waals surface area (Å²) >= 11 is 0. The van der Waals surface area contributed by atoms with Gasteiger partial charge in [-0.2, -0.15) is 0 Å². The number of hydrogen-bond acceptors (Lipinski definition) is 3. The summed E-state index contributed by atoms with van der Waals surface area (Å²) in [4.78, 5) is 24.9. The Kier molecular flexibility index (Phi) is 4.80. The highest BCUT2D eigenvalue weighted by atomic mass is 16.2. The molecule has 6 nitrogen and oxygen atoms in total. The second-order valence-corrected chi connectivity index (χ2v) is 5.48. The number of anilines is 1. The van der Waals surface area contributed by atoms with Gasteiger partial charge in [-0.3, -0.25) is 4.79 Å². The Hall–Kier alpha value is -2.08. The van der Waals surface area contributed by atoms with E-state index in [9.17, 15) is 9.59 Å². The highest BCUT2D eigenvalue weighted by Crippen LogP contribution is 2.17. The number of benzene rings is 1. The normalized spacial score (nSPS) is 19.2. The second-order valence-electron chi connectivity index (χ2n) is 5.48. The number of carbonyl (C=O) groups excluding carboxylic acids is 2. The third-order valence-electron chi connectivity index (χ3n) is 3.55. The Morgan fingerprint density at radius 2 is 2.19 bits per heavy atom. The first-order chi connectivity index (χ1) is 9.95. The average Bonchev–Trinajstić information content (AvgIpc) is 2.86. The van der Waals surface area contributed by atoms with Crippen LogP contribution in [-0.2, 0) is 4.79 Å². The molecule has 0 aliphatic carbocycles. The van der Waals surface area contributed by atoms with Crippen LogP contribution in [0.25, 0.3) is 0 Å². The predicted molar refractivity (Wildman–Crippen MR) is 81.9 cm³/mol. The monoisotopic (exact) mass is 290 g/mol. The van der Waals surface area contributed by atoms with Crippen molar-refractivity contribution in [2.45, 2.75) is 32.4 Å². The number of carbonyl (C=O) groups is 2. The van der Waals surface area contributed by atoms with Gasteiger partial charge in [-0.1, -0.05) is 12.1 Å². The van der Waals surface area contributed by atoms with Gasteiger partial charge in [-0.25, -0.2) is 4.79 Å². The number of amides is 3. The number of urea groups is 1. The first kappa shape index (κ1) is 15.3. The number of hydrogen-bond donors (Lipinski definition) is 3. The molecule has 0 saturated carbocycles. The highest BCUT2D eigenvalue weighted by molar-refractivity contribution is 5.89. The zero-order chi connectivity index (χ0) is 15.4. The van der Waals surface area contributed by atoms with Gasteiger partial charge >= 0.3 is 6.03 Å². The van der Waals surface area contributed by atoms with Crippen LogP contribution in [-0.4, -0.2) is 36.0 Å². The van der Waals surface area contributed by atoms with Crippen molar-refractivity contribution in [1.82, 2.24) is 10.2 Å². The van der Waals surface area contributed by atoms with Crippen molar-refractivity contribution in [3.05, 3.63) is 29.8 Å². The fourth-order valence-electron chi connectivity index (χ4n) is 2.45. The average molecular weight is 290 g/mol. The fourth-order valence-corrected chi connectivity index (χ4v) is 2.45. The first-order valence-electron chi connectivity index (χ1n) is 7.14. The molecule has 114 valence electrons. The SMILES string of the molecule is CC(=O)NC1CCN(C(=O)Nc2cccc(C(C)N)c2)C1. The summed E-state index contributed by atoms with van der Waals surface area (Å²) in [5.41, 5.74) is 7.55. The van der Waals surface area contributed by atoms with Crippen LogP contribution in [0.2, 0.25) is 0 Å². The highest BCUT2D eigenvalue weighted by Gasteiger charge is 2.26. The number of nitrogens with two attached hydrogens (primary N) is 1. The molecule has 1 aromatic carbocycles. The van der Waals surface area contributed by atoms with E-state index < -0.39 is 0 Å². The van der Waals surface area contributed by atoms with E-state index in [1.54, 1.807) is 4.90 Å². The number of likely N-dealkylation sites (tertiary alicyclic amines) is 1. The third-order valence-corrected chi connectivity index (χ3v) is 3.55. The molecule has 1 saturated heterocycles. The minimum absolute atomic E-state index is 0.0450. The summed E-state index contributed by atoms with van der Waals surface area (Å²) in [5, 5.41) is 5.71. The molecule has 2 unspecified atom stereocenters. The van der Waals surface area contributed by atoms with Gasteiger partial charge in [0.05, 0.1) is 0 Å². The van der Waals surface area contributed by atoms with Crippen molar-refractivity contribution in [3.63, 3.8) is 0 Å². The molecule has 0 bridgehead atoms. The van der Waals surface area contributed by atoms with Crippen LogP contribution in [0.5, 0.6) is 0 Å². The Balaban J connectivity index is 1.93. The van der Waals surface area contributed by atoms with E-state index in [1.165, 1.54) is 6.92 Å². The maximum atomic E-state index is 12.2.